The van der Waals surface area contributed by atoms with Crippen LogP contribution < -0.4 is 10.6 Å². The zero-order valence-corrected chi connectivity index (χ0v) is 21.2. The van der Waals surface area contributed by atoms with Crippen LogP contribution in [0.4, 0.5) is 20.5 Å². The van der Waals surface area contributed by atoms with Crippen molar-refractivity contribution < 1.29 is 18.7 Å². The van der Waals surface area contributed by atoms with E-state index in [1.165, 1.54) is 18.0 Å². The van der Waals surface area contributed by atoms with Crippen LogP contribution in [0.2, 0.25) is 0 Å². The quantitative estimate of drug-likeness (QED) is 0.267. The van der Waals surface area contributed by atoms with Crippen molar-refractivity contribution >= 4 is 33.7 Å². The summed E-state index contributed by atoms with van der Waals surface area (Å²) >= 11 is 3.23. The van der Waals surface area contributed by atoms with Gasteiger partial charge in [0.2, 0.25) is 12.4 Å². The van der Waals surface area contributed by atoms with Crippen molar-refractivity contribution in [3.05, 3.63) is 40.3 Å². The van der Waals surface area contributed by atoms with Crippen molar-refractivity contribution in [1.29, 1.82) is 0 Å². The number of nitrogens with one attached hydrogen (secondary N) is 2. The monoisotopic (exact) mass is 542 g/mol. The van der Waals surface area contributed by atoms with Crippen molar-refractivity contribution in [3.63, 3.8) is 0 Å². The Labute approximate surface area is 207 Å². The number of aryl methyl sites for hydroxylation is 2. The summed E-state index contributed by atoms with van der Waals surface area (Å²) in [7, 11) is 1.86. The summed E-state index contributed by atoms with van der Waals surface area (Å²) in [5, 5.41) is 15.5. The molecule has 1 unspecified atom stereocenters. The molecule has 0 bridgehead atoms. The van der Waals surface area contributed by atoms with Crippen LogP contribution in [-0.4, -0.2) is 70.1 Å². The van der Waals surface area contributed by atoms with Gasteiger partial charge in [0, 0.05) is 44.6 Å². The number of pyridine rings is 1. The third kappa shape index (κ3) is 9.84. The second-order valence-electron chi connectivity index (χ2n) is 7.94. The Balaban J connectivity index is 1.88. The normalized spacial score (nSPS) is 12.2. The molecule has 2 rings (SSSR count). The summed E-state index contributed by atoms with van der Waals surface area (Å²) in [6.45, 7) is 3.29. The minimum Gasteiger partial charge on any atom is -0.480 e. The first-order chi connectivity index (χ1) is 16.3. The number of carboxylic acids is 1. The number of rotatable bonds is 16. The van der Waals surface area contributed by atoms with E-state index in [4.69, 9.17) is 0 Å². The minimum absolute atomic E-state index is 0.206. The first-order valence-electron chi connectivity index (χ1n) is 11.5. The van der Waals surface area contributed by atoms with Crippen LogP contribution in [0.3, 0.4) is 0 Å². The number of carbonyl (C=O) groups is 1. The highest BCUT2D eigenvalue weighted by molar-refractivity contribution is 9.10. The number of hydrogen-bond acceptors (Lipinski definition) is 7. The van der Waals surface area contributed by atoms with Crippen molar-refractivity contribution in [2.75, 3.05) is 37.3 Å². The first-order valence-corrected chi connectivity index (χ1v) is 12.3. The zero-order chi connectivity index (χ0) is 24.9. The molecule has 188 valence electrons. The minimum atomic E-state index is -2.40. The highest BCUT2D eigenvalue weighted by Crippen LogP contribution is 2.16. The SMILES string of the molecule is CCc1ccc(CCCCN(CCC(F)F)CCC(Nc2ncc(Br)cn2)C(=O)O)nc1NC. The number of unbranched alkanes of at least 4 members (excludes halogenated alkanes) is 1. The largest absolute Gasteiger partial charge is 0.480 e. The highest BCUT2D eigenvalue weighted by atomic mass is 79.9. The third-order valence-corrected chi connectivity index (χ3v) is 5.84. The van der Waals surface area contributed by atoms with Crippen LogP contribution in [0, 0.1) is 0 Å². The number of carboxylic acid groups (broad SMARTS) is 1. The smallest absolute Gasteiger partial charge is 0.326 e. The fourth-order valence-electron chi connectivity index (χ4n) is 3.54. The van der Waals surface area contributed by atoms with Crippen LogP contribution >= 0.6 is 15.9 Å². The molecule has 0 aliphatic heterocycles. The fourth-order valence-corrected chi connectivity index (χ4v) is 3.74. The number of aliphatic carboxylic acids is 1. The van der Waals surface area contributed by atoms with E-state index in [2.05, 4.69) is 54.5 Å². The van der Waals surface area contributed by atoms with Crippen LogP contribution in [0.1, 0.15) is 43.9 Å². The molecule has 0 amide bonds. The number of anilines is 2. The van der Waals surface area contributed by atoms with Gasteiger partial charge >= 0.3 is 5.97 Å². The number of aromatic nitrogens is 3. The van der Waals surface area contributed by atoms with Crippen LogP contribution in [-0.2, 0) is 17.6 Å². The zero-order valence-electron chi connectivity index (χ0n) is 19.6. The molecular weight excluding hydrogens is 510 g/mol. The van der Waals surface area contributed by atoms with E-state index in [9.17, 15) is 18.7 Å². The molecule has 0 fully saturated rings. The Kier molecular flexibility index (Phi) is 12.1. The molecule has 0 spiro atoms. The van der Waals surface area contributed by atoms with E-state index < -0.39 is 18.4 Å². The molecule has 1 atom stereocenters. The van der Waals surface area contributed by atoms with E-state index in [0.717, 1.165) is 37.2 Å². The molecular formula is C23H33BrF2N6O2. The lowest BCUT2D eigenvalue weighted by Crippen LogP contribution is -2.36. The van der Waals surface area contributed by atoms with Crippen LogP contribution in [0.5, 0.6) is 0 Å². The highest BCUT2D eigenvalue weighted by Gasteiger charge is 2.20. The molecule has 11 heteroatoms. The standard InChI is InChI=1S/C23H33BrF2N6O2/c1-3-16-7-8-18(30-21(16)27-2)6-4-5-11-32(13-10-20(25)26)12-9-19(22(33)34)31-23-28-14-17(24)15-29-23/h7-8,14-15,19-20H,3-6,9-13H2,1-2H3,(H,27,30)(H,33,34)(H,28,29,31). The molecule has 2 aromatic heterocycles. The molecule has 3 N–H and O–H groups in total. The first kappa shape index (κ1) is 27.8. The van der Waals surface area contributed by atoms with Crippen LogP contribution in [0.15, 0.2) is 29.0 Å². The van der Waals surface area contributed by atoms with Gasteiger partial charge in [-0.2, -0.15) is 0 Å². The lowest BCUT2D eigenvalue weighted by molar-refractivity contribution is -0.138. The van der Waals surface area contributed by atoms with E-state index in [1.807, 2.05) is 18.0 Å². The second kappa shape index (κ2) is 14.8. The van der Waals surface area contributed by atoms with Gasteiger partial charge in [0.15, 0.2) is 0 Å². The Bertz CT molecular complexity index is 888. The molecule has 0 aliphatic carbocycles. The van der Waals surface area contributed by atoms with Gasteiger partial charge in [-0.3, -0.25) is 0 Å². The Morgan fingerprint density at radius 3 is 2.47 bits per heavy atom. The van der Waals surface area contributed by atoms with Gasteiger partial charge in [-0.05, 0) is 66.2 Å². The third-order valence-electron chi connectivity index (χ3n) is 5.43. The molecule has 2 aromatic rings. The molecule has 2 heterocycles. The topological polar surface area (TPSA) is 103 Å². The molecule has 0 aliphatic rings. The van der Waals surface area contributed by atoms with Gasteiger partial charge < -0.3 is 20.6 Å². The van der Waals surface area contributed by atoms with Gasteiger partial charge in [-0.15, -0.1) is 0 Å². The maximum atomic E-state index is 12.8. The van der Waals surface area contributed by atoms with Crippen molar-refractivity contribution in [1.82, 2.24) is 19.9 Å². The Morgan fingerprint density at radius 1 is 1.15 bits per heavy atom. The predicted octanol–water partition coefficient (Wildman–Crippen LogP) is 4.47. The summed E-state index contributed by atoms with van der Waals surface area (Å²) in [5.74, 6) is 0.0556. The maximum Gasteiger partial charge on any atom is 0.326 e. The number of halogens is 3. The second-order valence-corrected chi connectivity index (χ2v) is 8.86. The van der Waals surface area contributed by atoms with Gasteiger partial charge in [0.25, 0.3) is 0 Å². The van der Waals surface area contributed by atoms with Gasteiger partial charge in [0.05, 0.1) is 4.47 Å². The molecule has 0 saturated carbocycles. The lowest BCUT2D eigenvalue weighted by Gasteiger charge is -2.24. The summed E-state index contributed by atoms with van der Waals surface area (Å²) in [6, 6.07) is 3.19. The molecule has 0 saturated heterocycles. The number of alkyl halides is 2. The number of hydrogen-bond donors (Lipinski definition) is 3. The van der Waals surface area contributed by atoms with Crippen molar-refractivity contribution in [2.24, 2.45) is 0 Å². The van der Waals surface area contributed by atoms with Crippen molar-refractivity contribution in [3.8, 4) is 0 Å². The summed E-state index contributed by atoms with van der Waals surface area (Å²) < 4.78 is 26.3. The molecule has 0 radical (unpaired) electrons. The fraction of sp³-hybridized carbons (Fsp3) is 0.565. The molecule has 34 heavy (non-hydrogen) atoms. The van der Waals surface area contributed by atoms with Crippen molar-refractivity contribution in [2.45, 2.75) is 57.9 Å². The Morgan fingerprint density at radius 2 is 1.85 bits per heavy atom. The van der Waals surface area contributed by atoms with E-state index in [1.54, 1.807) is 0 Å². The van der Waals surface area contributed by atoms with Crippen LogP contribution in [0.25, 0.3) is 0 Å². The van der Waals surface area contributed by atoms with Gasteiger partial charge in [0.1, 0.15) is 11.9 Å². The van der Waals surface area contributed by atoms with Gasteiger partial charge in [-0.25, -0.2) is 28.5 Å². The van der Waals surface area contributed by atoms with E-state index in [0.29, 0.717) is 17.6 Å². The predicted molar refractivity (Wildman–Crippen MR) is 133 cm³/mol. The summed E-state index contributed by atoms with van der Waals surface area (Å²) in [6.07, 6.45) is 4.01. The maximum absolute atomic E-state index is 12.8. The van der Waals surface area contributed by atoms with E-state index >= 15 is 0 Å². The average molecular weight is 543 g/mol. The summed E-state index contributed by atoms with van der Waals surface area (Å²) in [4.78, 5) is 26.3. The Hall–Kier alpha value is -2.40. The lowest BCUT2D eigenvalue weighted by atomic mass is 10.1. The number of nitrogens with zero attached hydrogens (tertiary/aromatic N) is 4. The molecule has 8 nitrogen and oxygen atoms in total. The van der Waals surface area contributed by atoms with Gasteiger partial charge in [-0.1, -0.05) is 13.0 Å². The summed E-state index contributed by atoms with van der Waals surface area (Å²) in [5.41, 5.74) is 2.16. The average Bonchev–Trinajstić information content (AvgIpc) is 2.82. The van der Waals surface area contributed by atoms with E-state index in [-0.39, 0.29) is 25.3 Å². The molecule has 0 aromatic carbocycles.